The van der Waals surface area contributed by atoms with Crippen molar-refractivity contribution in [2.24, 2.45) is 0 Å². The molecule has 3 rings (SSSR count). The third kappa shape index (κ3) is 4.85. The molecule has 0 saturated carbocycles. The number of benzene rings is 2. The van der Waals surface area contributed by atoms with E-state index in [1.165, 1.54) is 11.1 Å². The topological polar surface area (TPSA) is 64.5 Å². The first-order valence-electron chi connectivity index (χ1n) is 9.05. The molecule has 0 fully saturated rings. The Morgan fingerprint density at radius 3 is 2.39 bits per heavy atom. The van der Waals surface area contributed by atoms with Gasteiger partial charge in [0.2, 0.25) is 0 Å². The Bertz CT molecular complexity index is 927. The Balaban J connectivity index is 1.61. The molecule has 28 heavy (non-hydrogen) atoms. The number of hydrogen-bond acceptors (Lipinski definition) is 3. The van der Waals surface area contributed by atoms with E-state index in [1.807, 2.05) is 30.5 Å². The number of carbonyl (C=O) groups excluding carboxylic acids is 1. The van der Waals surface area contributed by atoms with E-state index in [9.17, 15) is 4.79 Å². The van der Waals surface area contributed by atoms with Crippen molar-refractivity contribution in [3.05, 3.63) is 77.6 Å². The van der Waals surface area contributed by atoms with Crippen LogP contribution in [0, 0.1) is 6.92 Å². The Kier molecular flexibility index (Phi) is 6.22. The number of hydrogen-bond donors (Lipinski definition) is 2. The molecule has 0 bridgehead atoms. The van der Waals surface area contributed by atoms with Gasteiger partial charge in [0, 0.05) is 42.3 Å². The number of methoxy groups -OCH3 is 2. The van der Waals surface area contributed by atoms with E-state index >= 15 is 0 Å². The maximum Gasteiger partial charge on any atom is 0.319 e. The molecule has 2 amide bonds. The van der Waals surface area contributed by atoms with E-state index in [0.29, 0.717) is 23.7 Å². The van der Waals surface area contributed by atoms with Crippen LogP contribution in [0.5, 0.6) is 11.5 Å². The summed E-state index contributed by atoms with van der Waals surface area (Å²) in [7, 11) is 3.14. The first-order chi connectivity index (χ1) is 13.6. The normalized spacial score (nSPS) is 10.4. The number of nitrogens with one attached hydrogen (secondary N) is 2. The van der Waals surface area contributed by atoms with Crippen molar-refractivity contribution in [2.45, 2.75) is 20.0 Å². The zero-order chi connectivity index (χ0) is 19.9. The molecule has 1 aromatic heterocycles. The third-order valence-corrected chi connectivity index (χ3v) is 4.56. The standard InChI is InChI=1S/C22H25N3O3/c1-16-7-4-5-8-17(16)15-25-10-6-9-19(25)14-23-22(26)24-18-11-20(27-2)13-21(12-18)28-3/h4-13H,14-15H2,1-3H3,(H2,23,24,26). The van der Waals surface area contributed by atoms with Gasteiger partial charge in [-0.25, -0.2) is 4.79 Å². The summed E-state index contributed by atoms with van der Waals surface area (Å²) in [5, 5.41) is 5.71. The summed E-state index contributed by atoms with van der Waals surface area (Å²) in [5.74, 6) is 1.23. The lowest BCUT2D eigenvalue weighted by molar-refractivity contribution is 0.251. The van der Waals surface area contributed by atoms with Crippen LogP contribution in [0.25, 0.3) is 0 Å². The number of nitrogens with zero attached hydrogens (tertiary/aromatic N) is 1. The fourth-order valence-corrected chi connectivity index (χ4v) is 2.96. The van der Waals surface area contributed by atoms with E-state index in [2.05, 4.69) is 34.3 Å². The Labute approximate surface area is 165 Å². The molecule has 0 aliphatic heterocycles. The number of aromatic nitrogens is 1. The second-order valence-electron chi connectivity index (χ2n) is 6.46. The highest BCUT2D eigenvalue weighted by Gasteiger charge is 2.08. The fourth-order valence-electron chi connectivity index (χ4n) is 2.96. The van der Waals surface area contributed by atoms with E-state index in [-0.39, 0.29) is 6.03 Å². The quantitative estimate of drug-likeness (QED) is 0.647. The fraction of sp³-hybridized carbons (Fsp3) is 0.227. The number of anilines is 1. The summed E-state index contributed by atoms with van der Waals surface area (Å²) in [5.41, 5.74) is 4.14. The highest BCUT2D eigenvalue weighted by Crippen LogP contribution is 2.25. The first-order valence-corrected chi connectivity index (χ1v) is 9.05. The predicted molar refractivity (Wildman–Crippen MR) is 110 cm³/mol. The molecule has 3 aromatic rings. The number of ether oxygens (including phenoxy) is 2. The minimum atomic E-state index is -0.293. The van der Waals surface area contributed by atoms with Crippen LogP contribution in [0.3, 0.4) is 0 Å². The van der Waals surface area contributed by atoms with Crippen molar-refractivity contribution >= 4 is 11.7 Å². The Hall–Kier alpha value is -3.41. The Morgan fingerprint density at radius 2 is 1.71 bits per heavy atom. The molecular formula is C22H25N3O3. The molecule has 146 valence electrons. The molecule has 6 nitrogen and oxygen atoms in total. The molecule has 0 aliphatic carbocycles. The van der Waals surface area contributed by atoms with Crippen molar-refractivity contribution < 1.29 is 14.3 Å². The van der Waals surface area contributed by atoms with Crippen LogP contribution in [0.2, 0.25) is 0 Å². The highest BCUT2D eigenvalue weighted by atomic mass is 16.5. The zero-order valence-corrected chi connectivity index (χ0v) is 16.4. The average Bonchev–Trinajstić information content (AvgIpc) is 3.14. The minimum Gasteiger partial charge on any atom is -0.497 e. The smallest absolute Gasteiger partial charge is 0.319 e. The van der Waals surface area contributed by atoms with E-state index in [1.54, 1.807) is 32.4 Å². The Morgan fingerprint density at radius 1 is 1.00 bits per heavy atom. The number of rotatable bonds is 7. The van der Waals surface area contributed by atoms with E-state index < -0.39 is 0 Å². The molecule has 0 radical (unpaired) electrons. The van der Waals surface area contributed by atoms with Crippen LogP contribution in [-0.2, 0) is 13.1 Å². The summed E-state index contributed by atoms with van der Waals surface area (Å²) in [6, 6.07) is 17.2. The van der Waals surface area contributed by atoms with Gasteiger partial charge in [0.05, 0.1) is 20.8 Å². The molecule has 0 atom stereocenters. The summed E-state index contributed by atoms with van der Waals surface area (Å²) in [6.07, 6.45) is 2.02. The molecular weight excluding hydrogens is 354 g/mol. The van der Waals surface area contributed by atoms with Gasteiger partial charge in [0.25, 0.3) is 0 Å². The van der Waals surface area contributed by atoms with Crippen LogP contribution >= 0.6 is 0 Å². The molecule has 0 aliphatic rings. The van der Waals surface area contributed by atoms with Crippen LogP contribution in [0.15, 0.2) is 60.8 Å². The molecule has 6 heteroatoms. The van der Waals surface area contributed by atoms with Crippen molar-refractivity contribution in [3.8, 4) is 11.5 Å². The van der Waals surface area contributed by atoms with Crippen molar-refractivity contribution in [1.82, 2.24) is 9.88 Å². The zero-order valence-electron chi connectivity index (χ0n) is 16.4. The second-order valence-corrected chi connectivity index (χ2v) is 6.46. The predicted octanol–water partition coefficient (Wildman–Crippen LogP) is 4.18. The van der Waals surface area contributed by atoms with Crippen molar-refractivity contribution in [3.63, 3.8) is 0 Å². The molecule has 0 unspecified atom stereocenters. The van der Waals surface area contributed by atoms with Crippen molar-refractivity contribution in [2.75, 3.05) is 19.5 Å². The second kappa shape index (κ2) is 8.99. The third-order valence-electron chi connectivity index (χ3n) is 4.56. The molecule has 0 spiro atoms. The maximum absolute atomic E-state index is 12.3. The van der Waals surface area contributed by atoms with Gasteiger partial charge in [-0.05, 0) is 30.2 Å². The number of amides is 2. The molecule has 1 heterocycles. The van der Waals surface area contributed by atoms with Gasteiger partial charge < -0.3 is 24.7 Å². The molecule has 2 N–H and O–H groups in total. The number of urea groups is 1. The van der Waals surface area contributed by atoms with Gasteiger partial charge in [-0.2, -0.15) is 0 Å². The van der Waals surface area contributed by atoms with E-state index in [0.717, 1.165) is 12.2 Å². The highest BCUT2D eigenvalue weighted by molar-refractivity contribution is 5.89. The van der Waals surface area contributed by atoms with Crippen LogP contribution in [0.1, 0.15) is 16.8 Å². The average molecular weight is 379 g/mol. The van der Waals surface area contributed by atoms with Crippen LogP contribution < -0.4 is 20.1 Å². The minimum absolute atomic E-state index is 0.293. The lowest BCUT2D eigenvalue weighted by atomic mass is 10.1. The summed E-state index contributed by atoms with van der Waals surface area (Å²) in [6.45, 7) is 3.30. The van der Waals surface area contributed by atoms with Crippen LogP contribution in [-0.4, -0.2) is 24.8 Å². The van der Waals surface area contributed by atoms with Crippen molar-refractivity contribution in [1.29, 1.82) is 0 Å². The number of aryl methyl sites for hydroxylation is 1. The molecule has 0 saturated heterocycles. The summed E-state index contributed by atoms with van der Waals surface area (Å²) in [4.78, 5) is 12.3. The lowest BCUT2D eigenvalue weighted by Crippen LogP contribution is -2.29. The van der Waals surface area contributed by atoms with Gasteiger partial charge in [-0.3, -0.25) is 0 Å². The summed E-state index contributed by atoms with van der Waals surface area (Å²) < 4.78 is 12.6. The lowest BCUT2D eigenvalue weighted by Gasteiger charge is -2.13. The maximum atomic E-state index is 12.3. The largest absolute Gasteiger partial charge is 0.497 e. The van der Waals surface area contributed by atoms with Crippen LogP contribution in [0.4, 0.5) is 10.5 Å². The van der Waals surface area contributed by atoms with Gasteiger partial charge >= 0.3 is 6.03 Å². The van der Waals surface area contributed by atoms with Gasteiger partial charge in [-0.1, -0.05) is 24.3 Å². The van der Waals surface area contributed by atoms with Gasteiger partial charge in [-0.15, -0.1) is 0 Å². The summed E-state index contributed by atoms with van der Waals surface area (Å²) >= 11 is 0. The van der Waals surface area contributed by atoms with E-state index in [4.69, 9.17) is 9.47 Å². The van der Waals surface area contributed by atoms with Gasteiger partial charge in [0.15, 0.2) is 0 Å². The SMILES string of the molecule is COc1cc(NC(=O)NCc2cccn2Cc2ccccc2C)cc(OC)c1. The first kappa shape index (κ1) is 19.4. The number of carbonyl (C=O) groups is 1. The van der Waals surface area contributed by atoms with Gasteiger partial charge in [0.1, 0.15) is 11.5 Å². The monoisotopic (exact) mass is 379 g/mol. The molecule has 2 aromatic carbocycles.